The smallest absolute Gasteiger partial charge is 0.256 e. The molecule has 3 aromatic rings. The highest BCUT2D eigenvalue weighted by atomic mass is 19.1. The molecule has 2 aliphatic heterocycles. The molecule has 0 aromatic heterocycles. The summed E-state index contributed by atoms with van der Waals surface area (Å²) in [6.45, 7) is 1.32. The number of methoxy groups -OCH3 is 1. The molecule has 2 aliphatic rings. The average Bonchev–Trinajstić information content (AvgIpc) is 2.83. The maximum Gasteiger partial charge on any atom is 0.256 e. The molecule has 0 atom stereocenters. The summed E-state index contributed by atoms with van der Waals surface area (Å²) in [4.78, 5) is 26.1. The van der Waals surface area contributed by atoms with Crippen molar-refractivity contribution in [3.05, 3.63) is 77.6 Å². The van der Waals surface area contributed by atoms with Gasteiger partial charge in [0.05, 0.1) is 19.3 Å². The minimum absolute atomic E-state index is 0.0297. The van der Waals surface area contributed by atoms with Crippen molar-refractivity contribution in [1.82, 2.24) is 4.90 Å². The molecule has 0 N–H and O–H groups in total. The highest BCUT2D eigenvalue weighted by molar-refractivity contribution is 5.96. The van der Waals surface area contributed by atoms with Gasteiger partial charge in [-0.1, -0.05) is 36.4 Å². The molecule has 2 heterocycles. The Kier molecular flexibility index (Phi) is 5.92. The van der Waals surface area contributed by atoms with E-state index >= 15 is 0 Å². The lowest BCUT2D eigenvalue weighted by Gasteiger charge is -2.39. The van der Waals surface area contributed by atoms with E-state index in [0.29, 0.717) is 31.0 Å². The number of carbonyl (C=O) groups excluding carboxylic acids is 2. The van der Waals surface area contributed by atoms with Crippen LogP contribution in [-0.2, 0) is 11.2 Å². The molecular weight excluding hydrogens is 437 g/mol. The Hall–Kier alpha value is -3.87. The summed E-state index contributed by atoms with van der Waals surface area (Å²) in [6.07, 6.45) is 0.151. The van der Waals surface area contributed by atoms with Gasteiger partial charge >= 0.3 is 0 Å². The Morgan fingerprint density at radius 2 is 1.74 bits per heavy atom. The minimum atomic E-state index is -0.636. The van der Waals surface area contributed by atoms with Gasteiger partial charge in [0.2, 0.25) is 0 Å². The lowest BCUT2D eigenvalue weighted by Crippen LogP contribution is -2.52. The van der Waals surface area contributed by atoms with Crippen LogP contribution < -0.4 is 14.2 Å². The number of benzene rings is 3. The minimum Gasteiger partial charge on any atom is -0.496 e. The number of carbonyl (C=O) groups is 2. The van der Waals surface area contributed by atoms with Crippen LogP contribution in [0.5, 0.6) is 17.2 Å². The largest absolute Gasteiger partial charge is 0.496 e. The summed E-state index contributed by atoms with van der Waals surface area (Å²) in [6, 6.07) is 18.2. The fourth-order valence-corrected chi connectivity index (χ4v) is 4.36. The third kappa shape index (κ3) is 4.21. The van der Waals surface area contributed by atoms with Gasteiger partial charge in [-0.15, -0.1) is 0 Å². The quantitative estimate of drug-likeness (QED) is 0.552. The first kappa shape index (κ1) is 21.9. The number of hydrogen-bond acceptors (Lipinski definition) is 5. The topological polar surface area (TPSA) is 65.1 Å². The number of hydrogen-bond donors (Lipinski definition) is 0. The number of nitrogens with zero attached hydrogens (tertiary/aromatic N) is 1. The van der Waals surface area contributed by atoms with Gasteiger partial charge in [-0.25, -0.2) is 4.39 Å². The Labute approximate surface area is 196 Å². The van der Waals surface area contributed by atoms with Crippen LogP contribution in [0.4, 0.5) is 4.39 Å². The average molecular weight is 461 g/mol. The van der Waals surface area contributed by atoms with Crippen molar-refractivity contribution in [2.75, 3.05) is 33.4 Å². The second-order valence-electron chi connectivity index (χ2n) is 8.53. The van der Waals surface area contributed by atoms with Crippen molar-refractivity contribution in [2.45, 2.75) is 6.42 Å². The van der Waals surface area contributed by atoms with Gasteiger partial charge in [-0.05, 0) is 18.2 Å². The zero-order valence-corrected chi connectivity index (χ0v) is 18.8. The standard InChI is InChI=1S/C27H24FNO5/c1-32-24-8-4-2-6-20(24)21-7-3-5-9-25(21)33-15-17-13-29(14-17)27(31)22-11-18-10-19(30)16-34-26(18)12-23(22)28/h2-9,11-12,17H,10,13-16H2,1H3. The molecule has 0 radical (unpaired) electrons. The first-order valence-electron chi connectivity index (χ1n) is 11.1. The fourth-order valence-electron chi connectivity index (χ4n) is 4.36. The molecule has 1 fully saturated rings. The van der Waals surface area contributed by atoms with Crippen molar-refractivity contribution < 1.29 is 28.2 Å². The molecule has 0 saturated carbocycles. The molecule has 1 amide bonds. The van der Waals surface area contributed by atoms with E-state index in [1.807, 2.05) is 48.5 Å². The SMILES string of the molecule is COc1ccccc1-c1ccccc1OCC1CN(C(=O)c2cc3c(cc2F)OCC(=O)C3)C1. The monoisotopic (exact) mass is 461 g/mol. The molecule has 6 nitrogen and oxygen atoms in total. The first-order valence-corrected chi connectivity index (χ1v) is 11.1. The van der Waals surface area contributed by atoms with Crippen LogP contribution in [0, 0.1) is 11.7 Å². The molecule has 34 heavy (non-hydrogen) atoms. The Morgan fingerprint density at radius 3 is 2.47 bits per heavy atom. The maximum absolute atomic E-state index is 14.5. The van der Waals surface area contributed by atoms with Crippen LogP contribution in [0.25, 0.3) is 11.1 Å². The summed E-state index contributed by atoms with van der Waals surface area (Å²) in [5, 5.41) is 0. The van der Waals surface area contributed by atoms with Crippen molar-refractivity contribution >= 4 is 11.7 Å². The molecular formula is C27H24FNO5. The number of ketones is 1. The number of halogens is 1. The second kappa shape index (κ2) is 9.17. The van der Waals surface area contributed by atoms with Gasteiger partial charge in [0.15, 0.2) is 5.78 Å². The maximum atomic E-state index is 14.5. The highest BCUT2D eigenvalue weighted by Crippen LogP contribution is 2.36. The highest BCUT2D eigenvalue weighted by Gasteiger charge is 2.34. The zero-order chi connectivity index (χ0) is 23.7. The lowest BCUT2D eigenvalue weighted by molar-refractivity contribution is -0.121. The third-order valence-corrected chi connectivity index (χ3v) is 6.16. The van der Waals surface area contributed by atoms with Crippen molar-refractivity contribution in [2.24, 2.45) is 5.92 Å². The predicted molar refractivity (Wildman–Crippen MR) is 124 cm³/mol. The van der Waals surface area contributed by atoms with Crippen molar-refractivity contribution in [3.63, 3.8) is 0 Å². The van der Waals surface area contributed by atoms with E-state index in [4.69, 9.17) is 14.2 Å². The van der Waals surface area contributed by atoms with Gasteiger partial charge in [-0.2, -0.15) is 0 Å². The van der Waals surface area contributed by atoms with Gasteiger partial charge < -0.3 is 19.1 Å². The summed E-state index contributed by atoms with van der Waals surface area (Å²) in [5.74, 6) is 0.859. The van der Waals surface area contributed by atoms with E-state index < -0.39 is 5.82 Å². The number of rotatable bonds is 6. The fraction of sp³-hybridized carbons (Fsp3) is 0.259. The molecule has 0 aliphatic carbocycles. The predicted octanol–water partition coefficient (Wildman–Crippen LogP) is 4.16. The number of ether oxygens (including phenoxy) is 3. The van der Waals surface area contributed by atoms with Crippen molar-refractivity contribution in [3.8, 4) is 28.4 Å². The van der Waals surface area contributed by atoms with Gasteiger partial charge in [0.25, 0.3) is 5.91 Å². The number of para-hydroxylation sites is 2. The summed E-state index contributed by atoms with van der Waals surface area (Å²) >= 11 is 0. The van der Waals surface area contributed by atoms with Crippen LogP contribution >= 0.6 is 0 Å². The van der Waals surface area contributed by atoms with E-state index in [0.717, 1.165) is 22.6 Å². The lowest BCUT2D eigenvalue weighted by atomic mass is 9.97. The van der Waals surface area contributed by atoms with Gasteiger partial charge in [-0.3, -0.25) is 9.59 Å². The Bertz CT molecular complexity index is 1250. The Morgan fingerprint density at radius 1 is 1.06 bits per heavy atom. The molecule has 7 heteroatoms. The number of Topliss-reactive ketones (excluding diaryl/α,β-unsaturated/α-hetero) is 1. The molecule has 5 rings (SSSR count). The zero-order valence-electron chi connectivity index (χ0n) is 18.8. The molecule has 3 aromatic carbocycles. The number of fused-ring (bicyclic) bond motifs is 1. The van der Waals surface area contributed by atoms with E-state index in [2.05, 4.69) is 0 Å². The number of likely N-dealkylation sites (tertiary alicyclic amines) is 1. The normalized spacial score (nSPS) is 15.2. The van der Waals surface area contributed by atoms with E-state index in [9.17, 15) is 14.0 Å². The van der Waals surface area contributed by atoms with Crippen LogP contribution in [0.1, 0.15) is 15.9 Å². The summed E-state index contributed by atoms with van der Waals surface area (Å²) in [7, 11) is 1.64. The summed E-state index contributed by atoms with van der Waals surface area (Å²) in [5.41, 5.74) is 2.39. The van der Waals surface area contributed by atoms with Crippen molar-refractivity contribution in [1.29, 1.82) is 0 Å². The summed E-state index contributed by atoms with van der Waals surface area (Å²) < 4.78 is 31.4. The van der Waals surface area contributed by atoms with Crippen LogP contribution in [0.2, 0.25) is 0 Å². The molecule has 0 bridgehead atoms. The third-order valence-electron chi connectivity index (χ3n) is 6.16. The first-order chi connectivity index (χ1) is 16.5. The number of amides is 1. The molecule has 0 unspecified atom stereocenters. The van der Waals surface area contributed by atoms with E-state index in [-0.39, 0.29) is 36.2 Å². The van der Waals surface area contributed by atoms with Crippen LogP contribution in [0.15, 0.2) is 60.7 Å². The van der Waals surface area contributed by atoms with E-state index in [1.54, 1.807) is 12.0 Å². The van der Waals surface area contributed by atoms with Gasteiger partial charge in [0.1, 0.15) is 29.7 Å². The Balaban J connectivity index is 1.23. The van der Waals surface area contributed by atoms with Gasteiger partial charge in [0, 0.05) is 48.2 Å². The van der Waals surface area contributed by atoms with E-state index in [1.165, 1.54) is 12.1 Å². The van der Waals surface area contributed by atoms with Crippen LogP contribution in [0.3, 0.4) is 0 Å². The molecule has 174 valence electrons. The molecule has 0 spiro atoms. The van der Waals surface area contributed by atoms with Crippen LogP contribution in [-0.4, -0.2) is 50.0 Å². The second-order valence-corrected chi connectivity index (χ2v) is 8.53. The molecule has 1 saturated heterocycles.